The first-order valence-electron chi connectivity index (χ1n) is 11.7. The Morgan fingerprint density at radius 3 is 2.58 bits per heavy atom. The van der Waals surface area contributed by atoms with Gasteiger partial charge in [0, 0.05) is 43.4 Å². The van der Waals surface area contributed by atoms with Crippen molar-refractivity contribution in [2.45, 2.75) is 31.1 Å². The number of likely N-dealkylation sites (tertiary alicyclic amines) is 1. The maximum Gasteiger partial charge on any atom is 0.453 e. The topological polar surface area (TPSA) is 119 Å². The summed E-state index contributed by atoms with van der Waals surface area (Å²) in [6, 6.07) is 14.0. The fourth-order valence-electron chi connectivity index (χ4n) is 4.59. The van der Waals surface area contributed by atoms with E-state index in [-0.39, 0.29) is 24.2 Å². The van der Waals surface area contributed by atoms with Crippen molar-refractivity contribution in [2.24, 2.45) is 0 Å². The normalized spacial score (nSPS) is 18.4. The molecule has 1 saturated heterocycles. The van der Waals surface area contributed by atoms with Crippen molar-refractivity contribution < 1.29 is 31.1 Å². The number of benzene rings is 2. The van der Waals surface area contributed by atoms with Crippen LogP contribution in [-0.4, -0.2) is 77.7 Å². The monoisotopic (exact) mass is 552 g/mol. The second-order valence-electron chi connectivity index (χ2n) is 9.11. The van der Waals surface area contributed by atoms with E-state index in [1.54, 1.807) is 11.0 Å². The molecule has 3 aromatic rings. The average molecular weight is 553 g/mol. The van der Waals surface area contributed by atoms with E-state index in [9.17, 15) is 26.4 Å². The predicted molar refractivity (Wildman–Crippen MR) is 131 cm³/mol. The van der Waals surface area contributed by atoms with Gasteiger partial charge in [-0.2, -0.15) is 17.9 Å². The summed E-state index contributed by atoms with van der Waals surface area (Å²) in [4.78, 5) is 14.2. The Morgan fingerprint density at radius 1 is 1.18 bits per heavy atom. The van der Waals surface area contributed by atoms with Gasteiger partial charge in [-0.3, -0.25) is 4.79 Å². The predicted octanol–water partition coefficient (Wildman–Crippen LogP) is 2.21. The minimum atomic E-state index is -4.73. The van der Waals surface area contributed by atoms with E-state index in [0.717, 1.165) is 11.8 Å². The summed E-state index contributed by atoms with van der Waals surface area (Å²) < 4.78 is 69.4. The molecule has 38 heavy (non-hydrogen) atoms. The maximum atomic E-state index is 13.3. The Kier molecular flexibility index (Phi) is 8.02. The number of carbonyl (C=O) groups is 1. The minimum Gasteiger partial charge on any atom is -0.496 e. The number of hydrogen-bond acceptors (Lipinski definition) is 8. The Bertz CT molecular complexity index is 1380. The van der Waals surface area contributed by atoms with Gasteiger partial charge in [0.15, 0.2) is 9.84 Å². The third-order valence-corrected chi connectivity index (χ3v) is 7.14. The number of amides is 1. The highest BCUT2D eigenvalue weighted by Gasteiger charge is 2.38. The number of sulfone groups is 1. The molecule has 2 atom stereocenters. The van der Waals surface area contributed by atoms with Gasteiger partial charge in [0.05, 0.1) is 12.8 Å². The standard InChI is InChI=1S/C24H27F3N6O4S/c1-37-21-9-8-18(33-23(24(25,26)27)29-30-31-33)12-17(21)13-28-20-10-11-32(22(34)15-38(2,35)36)14-19(20)16-6-4-3-5-7-16/h3-9,12,19-20,28H,10-11,13-15H2,1-2H3/t19-,20-/m0/s1. The van der Waals surface area contributed by atoms with E-state index in [1.165, 1.54) is 19.2 Å². The molecule has 1 N–H and O–H groups in total. The highest BCUT2D eigenvalue weighted by Crippen LogP contribution is 2.31. The zero-order valence-electron chi connectivity index (χ0n) is 20.7. The molecule has 0 radical (unpaired) electrons. The van der Waals surface area contributed by atoms with Crippen LogP contribution in [0.15, 0.2) is 48.5 Å². The van der Waals surface area contributed by atoms with E-state index in [4.69, 9.17) is 4.74 Å². The van der Waals surface area contributed by atoms with E-state index in [1.807, 2.05) is 30.3 Å². The number of rotatable bonds is 8. The third kappa shape index (κ3) is 6.48. The Hall–Kier alpha value is -3.52. The van der Waals surface area contributed by atoms with Crippen molar-refractivity contribution in [3.05, 3.63) is 65.5 Å². The van der Waals surface area contributed by atoms with Crippen LogP contribution in [0.5, 0.6) is 5.75 Å². The second-order valence-corrected chi connectivity index (χ2v) is 11.3. The first kappa shape index (κ1) is 27.5. The number of alkyl halides is 3. The number of halogens is 3. The Balaban J connectivity index is 1.56. The molecule has 0 saturated carbocycles. The van der Waals surface area contributed by atoms with Gasteiger partial charge in [-0.15, -0.1) is 5.10 Å². The molecule has 0 aliphatic carbocycles. The molecule has 10 nitrogen and oxygen atoms in total. The zero-order chi connectivity index (χ0) is 27.5. The van der Waals surface area contributed by atoms with Crippen LogP contribution in [0.25, 0.3) is 5.69 Å². The van der Waals surface area contributed by atoms with Gasteiger partial charge >= 0.3 is 6.18 Å². The van der Waals surface area contributed by atoms with Gasteiger partial charge in [-0.1, -0.05) is 30.3 Å². The molecule has 2 heterocycles. The lowest BCUT2D eigenvalue weighted by Crippen LogP contribution is -2.50. The average Bonchev–Trinajstić information content (AvgIpc) is 3.38. The summed E-state index contributed by atoms with van der Waals surface area (Å²) in [7, 11) is -2.00. The molecular formula is C24H27F3N6O4S. The van der Waals surface area contributed by atoms with Crippen LogP contribution in [0.1, 0.15) is 29.3 Å². The summed E-state index contributed by atoms with van der Waals surface area (Å²) >= 11 is 0. The number of hydrogen-bond donors (Lipinski definition) is 1. The van der Waals surface area contributed by atoms with E-state index in [2.05, 4.69) is 20.8 Å². The van der Waals surface area contributed by atoms with Gasteiger partial charge in [0.25, 0.3) is 5.82 Å². The number of carbonyl (C=O) groups excluding carboxylic acids is 1. The van der Waals surface area contributed by atoms with Crippen molar-refractivity contribution in [3.8, 4) is 11.4 Å². The van der Waals surface area contributed by atoms with Crippen LogP contribution in [0.3, 0.4) is 0 Å². The molecule has 0 unspecified atom stereocenters. The van der Waals surface area contributed by atoms with Crippen LogP contribution in [0.2, 0.25) is 0 Å². The van der Waals surface area contributed by atoms with Crippen molar-refractivity contribution in [3.63, 3.8) is 0 Å². The molecule has 0 bridgehead atoms. The fourth-order valence-corrected chi connectivity index (χ4v) is 5.22. The SMILES string of the molecule is COc1ccc(-n2nnnc2C(F)(F)F)cc1CN[C@H]1CCN(C(=O)CS(C)(=O)=O)C[C@H]1c1ccccc1. The lowest BCUT2D eigenvalue weighted by Gasteiger charge is -2.39. The first-order valence-corrected chi connectivity index (χ1v) is 13.8. The van der Waals surface area contributed by atoms with Crippen LogP contribution in [0.4, 0.5) is 13.2 Å². The Labute approximate surface area is 217 Å². The van der Waals surface area contributed by atoms with Gasteiger partial charge < -0.3 is 15.0 Å². The Morgan fingerprint density at radius 2 is 1.92 bits per heavy atom. The molecule has 0 spiro atoms. The lowest BCUT2D eigenvalue weighted by molar-refractivity contribution is -0.146. The van der Waals surface area contributed by atoms with Crippen LogP contribution in [-0.2, 0) is 27.4 Å². The van der Waals surface area contributed by atoms with Crippen LogP contribution < -0.4 is 10.1 Å². The number of aromatic nitrogens is 4. The summed E-state index contributed by atoms with van der Waals surface area (Å²) in [6.07, 6.45) is -3.15. The third-order valence-electron chi connectivity index (χ3n) is 6.37. The number of ether oxygens (including phenoxy) is 1. The van der Waals surface area contributed by atoms with E-state index < -0.39 is 33.5 Å². The summed E-state index contributed by atoms with van der Waals surface area (Å²) in [5, 5.41) is 13.2. The van der Waals surface area contributed by atoms with Gasteiger partial charge in [0.2, 0.25) is 5.91 Å². The minimum absolute atomic E-state index is 0.105. The number of nitrogens with zero attached hydrogens (tertiary/aromatic N) is 5. The first-order chi connectivity index (χ1) is 18.0. The van der Waals surface area contributed by atoms with Crippen molar-refractivity contribution >= 4 is 15.7 Å². The highest BCUT2D eigenvalue weighted by atomic mass is 32.2. The van der Waals surface area contributed by atoms with E-state index >= 15 is 0 Å². The number of methoxy groups -OCH3 is 1. The van der Waals surface area contributed by atoms with Gasteiger partial charge in [0.1, 0.15) is 11.5 Å². The van der Waals surface area contributed by atoms with Crippen LogP contribution in [0, 0.1) is 0 Å². The molecule has 14 heteroatoms. The molecule has 204 valence electrons. The smallest absolute Gasteiger partial charge is 0.453 e. The molecule has 1 amide bonds. The number of nitrogens with one attached hydrogen (secondary N) is 1. The summed E-state index contributed by atoms with van der Waals surface area (Å²) in [5.41, 5.74) is 1.70. The van der Waals surface area contributed by atoms with E-state index in [0.29, 0.717) is 35.5 Å². The summed E-state index contributed by atoms with van der Waals surface area (Å²) in [5.74, 6) is -1.90. The fraction of sp³-hybridized carbons (Fsp3) is 0.417. The van der Waals surface area contributed by atoms with Gasteiger partial charge in [-0.05, 0) is 40.6 Å². The number of piperidine rings is 1. The molecule has 1 aliphatic rings. The molecule has 1 aromatic heterocycles. The maximum absolute atomic E-state index is 13.3. The zero-order valence-corrected chi connectivity index (χ0v) is 21.5. The van der Waals surface area contributed by atoms with Crippen LogP contribution >= 0.6 is 0 Å². The summed E-state index contributed by atoms with van der Waals surface area (Å²) in [6.45, 7) is 0.949. The van der Waals surface area contributed by atoms with Crippen molar-refractivity contribution in [2.75, 3.05) is 32.2 Å². The molecule has 4 rings (SSSR count). The quantitative estimate of drug-likeness (QED) is 0.452. The molecule has 1 aliphatic heterocycles. The second kappa shape index (κ2) is 11.1. The highest BCUT2D eigenvalue weighted by molar-refractivity contribution is 7.91. The van der Waals surface area contributed by atoms with Crippen molar-refractivity contribution in [1.29, 1.82) is 0 Å². The largest absolute Gasteiger partial charge is 0.496 e. The molecule has 2 aromatic carbocycles. The molecule has 1 fully saturated rings. The molecular weight excluding hydrogens is 525 g/mol. The number of tetrazole rings is 1. The van der Waals surface area contributed by atoms with Crippen molar-refractivity contribution in [1.82, 2.24) is 30.4 Å². The lowest BCUT2D eigenvalue weighted by atomic mass is 9.85. The van der Waals surface area contributed by atoms with Gasteiger partial charge in [-0.25, -0.2) is 8.42 Å².